The summed E-state index contributed by atoms with van der Waals surface area (Å²) in [6.07, 6.45) is 0.931. The molecular weight excluding hydrogens is 234 g/mol. The maximum atomic E-state index is 9.17. The highest BCUT2D eigenvalue weighted by molar-refractivity contribution is 7.15. The Morgan fingerprint density at radius 1 is 1.53 bits per heavy atom. The maximum Gasteiger partial charge on any atom is 0.194 e. The molecule has 2 rings (SSSR count). The number of aryl methyl sites for hydroxylation is 2. The lowest BCUT2D eigenvalue weighted by atomic mass is 10.2. The molecule has 2 N–H and O–H groups in total. The second-order valence-corrected chi connectivity index (χ2v) is 5.14. The van der Waals surface area contributed by atoms with Crippen LogP contribution >= 0.6 is 11.3 Å². The van der Waals surface area contributed by atoms with E-state index in [1.54, 1.807) is 11.3 Å². The van der Waals surface area contributed by atoms with Gasteiger partial charge in [-0.1, -0.05) is 6.92 Å². The van der Waals surface area contributed by atoms with Gasteiger partial charge in [-0.15, -0.1) is 11.3 Å². The van der Waals surface area contributed by atoms with E-state index in [1.165, 1.54) is 11.4 Å². The summed E-state index contributed by atoms with van der Waals surface area (Å²) in [5.41, 5.74) is 3.49. The predicted octanol–water partition coefficient (Wildman–Crippen LogP) is 1.87. The van der Waals surface area contributed by atoms with E-state index in [0.29, 0.717) is 0 Å². The predicted molar refractivity (Wildman–Crippen MR) is 70.5 cm³/mol. The molecule has 0 fully saturated rings. The highest BCUT2D eigenvalue weighted by Crippen LogP contribution is 2.20. The number of rotatable bonds is 5. The van der Waals surface area contributed by atoms with Gasteiger partial charge in [0.1, 0.15) is 0 Å². The van der Waals surface area contributed by atoms with E-state index in [0.717, 1.165) is 23.6 Å². The van der Waals surface area contributed by atoms with Crippen LogP contribution in [0.3, 0.4) is 0 Å². The topological polar surface area (TPSA) is 49.6 Å². The quantitative estimate of drug-likeness (QED) is 0.855. The van der Waals surface area contributed by atoms with Gasteiger partial charge in [-0.05, 0) is 20.3 Å². The summed E-state index contributed by atoms with van der Waals surface area (Å²) in [4.78, 5) is 5.59. The van der Waals surface area contributed by atoms with Crippen LogP contribution < -0.4 is 5.32 Å². The van der Waals surface area contributed by atoms with Crippen molar-refractivity contribution in [1.29, 1.82) is 0 Å². The van der Waals surface area contributed by atoms with Crippen LogP contribution in [-0.4, -0.2) is 27.1 Å². The first-order valence-electron chi connectivity index (χ1n) is 5.93. The summed E-state index contributed by atoms with van der Waals surface area (Å²) in [6.45, 7) is 7.14. The zero-order valence-corrected chi connectivity index (χ0v) is 11.3. The van der Waals surface area contributed by atoms with E-state index in [2.05, 4.69) is 33.9 Å². The molecule has 0 aromatic carbocycles. The number of nitrogens with one attached hydrogen (secondary N) is 1. The second kappa shape index (κ2) is 5.16. The minimum Gasteiger partial charge on any atom is -0.395 e. The number of aromatic nitrogens is 2. The molecule has 2 heterocycles. The van der Waals surface area contributed by atoms with E-state index >= 15 is 0 Å². The number of aliphatic hydroxyl groups excluding tert-OH is 1. The molecule has 0 bridgehead atoms. The fourth-order valence-electron chi connectivity index (χ4n) is 1.95. The van der Waals surface area contributed by atoms with Crippen molar-refractivity contribution in [3.63, 3.8) is 0 Å². The molecule has 5 heteroatoms. The molecule has 0 aliphatic heterocycles. The van der Waals surface area contributed by atoms with Gasteiger partial charge in [0.15, 0.2) is 4.96 Å². The molecule has 0 saturated carbocycles. The summed E-state index contributed by atoms with van der Waals surface area (Å²) in [5.74, 6) is 0. The number of imidazole rings is 1. The number of hydrogen-bond acceptors (Lipinski definition) is 4. The minimum absolute atomic E-state index is 0.166. The lowest BCUT2D eigenvalue weighted by Gasteiger charge is -2.14. The molecular formula is C12H19N3OS. The van der Waals surface area contributed by atoms with Crippen LogP contribution in [0, 0.1) is 13.8 Å². The number of hydrogen-bond donors (Lipinski definition) is 2. The molecule has 0 aliphatic rings. The summed E-state index contributed by atoms with van der Waals surface area (Å²) < 4.78 is 2.19. The molecule has 4 nitrogen and oxygen atoms in total. The van der Waals surface area contributed by atoms with Gasteiger partial charge in [-0.2, -0.15) is 0 Å². The normalized spacial score (nSPS) is 13.4. The highest BCUT2D eigenvalue weighted by atomic mass is 32.1. The first-order valence-corrected chi connectivity index (χ1v) is 6.81. The molecule has 17 heavy (non-hydrogen) atoms. The molecule has 0 aliphatic carbocycles. The van der Waals surface area contributed by atoms with Crippen molar-refractivity contribution < 1.29 is 5.11 Å². The second-order valence-electron chi connectivity index (χ2n) is 4.31. The van der Waals surface area contributed by atoms with Crippen LogP contribution in [0.1, 0.15) is 30.4 Å². The van der Waals surface area contributed by atoms with Crippen molar-refractivity contribution >= 4 is 16.3 Å². The van der Waals surface area contributed by atoms with Crippen LogP contribution in [0.5, 0.6) is 0 Å². The van der Waals surface area contributed by atoms with Gasteiger partial charge in [0.2, 0.25) is 0 Å². The lowest BCUT2D eigenvalue weighted by Crippen LogP contribution is -2.31. The molecule has 2 aromatic rings. The Morgan fingerprint density at radius 2 is 2.29 bits per heavy atom. The largest absolute Gasteiger partial charge is 0.395 e. The fourth-order valence-corrected chi connectivity index (χ4v) is 2.89. The Labute approximate surface area is 105 Å². The van der Waals surface area contributed by atoms with E-state index in [-0.39, 0.29) is 12.6 Å². The highest BCUT2D eigenvalue weighted by Gasteiger charge is 2.13. The maximum absolute atomic E-state index is 9.17. The third kappa shape index (κ3) is 2.36. The average Bonchev–Trinajstić information content (AvgIpc) is 2.81. The molecule has 0 amide bonds. The van der Waals surface area contributed by atoms with Crippen molar-refractivity contribution in [3.8, 4) is 0 Å². The number of fused-ring (bicyclic) bond motifs is 1. The first kappa shape index (κ1) is 12.5. The van der Waals surface area contributed by atoms with Crippen LogP contribution in [0.2, 0.25) is 0 Å². The van der Waals surface area contributed by atoms with Gasteiger partial charge in [0.25, 0.3) is 0 Å². The van der Waals surface area contributed by atoms with Crippen LogP contribution in [0.15, 0.2) is 5.38 Å². The number of aliphatic hydroxyl groups is 1. The molecule has 1 atom stereocenters. The van der Waals surface area contributed by atoms with Gasteiger partial charge in [-0.3, -0.25) is 4.40 Å². The van der Waals surface area contributed by atoms with Crippen LogP contribution in [0.4, 0.5) is 0 Å². The fraction of sp³-hybridized carbons (Fsp3) is 0.583. The molecule has 0 spiro atoms. The average molecular weight is 253 g/mol. The lowest BCUT2D eigenvalue weighted by molar-refractivity contribution is 0.238. The first-order chi connectivity index (χ1) is 8.17. The number of thiazole rings is 1. The summed E-state index contributed by atoms with van der Waals surface area (Å²) >= 11 is 1.67. The van der Waals surface area contributed by atoms with E-state index in [1.807, 2.05) is 6.92 Å². The van der Waals surface area contributed by atoms with Crippen molar-refractivity contribution in [2.45, 2.75) is 39.8 Å². The van der Waals surface area contributed by atoms with Crippen LogP contribution in [-0.2, 0) is 6.54 Å². The Balaban J connectivity index is 2.22. The van der Waals surface area contributed by atoms with Gasteiger partial charge in [0.05, 0.1) is 18.0 Å². The smallest absolute Gasteiger partial charge is 0.194 e. The SMILES string of the molecule is CC[C@@H](CO)NCc1c(C)nc2scc(C)n12. The Morgan fingerprint density at radius 3 is 2.94 bits per heavy atom. The van der Waals surface area contributed by atoms with Gasteiger partial charge in [0, 0.05) is 23.7 Å². The summed E-state index contributed by atoms with van der Waals surface area (Å²) in [6, 6.07) is 0.166. The molecule has 94 valence electrons. The van der Waals surface area contributed by atoms with Crippen LogP contribution in [0.25, 0.3) is 4.96 Å². The minimum atomic E-state index is 0.166. The van der Waals surface area contributed by atoms with Gasteiger partial charge in [-0.25, -0.2) is 4.98 Å². The Hall–Kier alpha value is -0.910. The van der Waals surface area contributed by atoms with Crippen molar-refractivity contribution in [2.24, 2.45) is 0 Å². The van der Waals surface area contributed by atoms with Gasteiger partial charge >= 0.3 is 0 Å². The summed E-state index contributed by atoms with van der Waals surface area (Å²) in [5, 5.41) is 14.7. The van der Waals surface area contributed by atoms with Crippen molar-refractivity contribution in [3.05, 3.63) is 22.5 Å². The zero-order valence-electron chi connectivity index (χ0n) is 10.5. The molecule has 0 radical (unpaired) electrons. The van der Waals surface area contributed by atoms with Gasteiger partial charge < -0.3 is 10.4 Å². The molecule has 0 unspecified atom stereocenters. The molecule has 0 saturated heterocycles. The monoisotopic (exact) mass is 253 g/mol. The standard InChI is InChI=1S/C12H19N3OS/c1-4-10(6-16)13-5-11-9(3)14-12-15(11)8(2)7-17-12/h7,10,13,16H,4-6H2,1-3H3/t10-/m0/s1. The van der Waals surface area contributed by atoms with Crippen molar-refractivity contribution in [2.75, 3.05) is 6.61 Å². The van der Waals surface area contributed by atoms with E-state index in [9.17, 15) is 0 Å². The van der Waals surface area contributed by atoms with Crippen molar-refractivity contribution in [1.82, 2.24) is 14.7 Å². The molecule has 2 aromatic heterocycles. The Kier molecular flexibility index (Phi) is 3.81. The Bertz CT molecular complexity index is 499. The zero-order chi connectivity index (χ0) is 12.4. The third-order valence-corrected chi connectivity index (χ3v) is 4.04. The third-order valence-electron chi connectivity index (χ3n) is 3.10. The van der Waals surface area contributed by atoms with E-state index in [4.69, 9.17) is 5.11 Å². The number of nitrogens with zero attached hydrogens (tertiary/aromatic N) is 2. The van der Waals surface area contributed by atoms with E-state index < -0.39 is 0 Å². The summed E-state index contributed by atoms with van der Waals surface area (Å²) in [7, 11) is 0.